The van der Waals surface area contributed by atoms with Crippen LogP contribution in [0.15, 0.2) is 59.5 Å². The molecule has 0 amide bonds. The number of hydrogen-bond donors (Lipinski definition) is 0. The fourth-order valence-electron chi connectivity index (χ4n) is 3.53. The Morgan fingerprint density at radius 1 is 0.944 bits per heavy atom. The minimum absolute atomic E-state index is 0.127. The molecule has 0 N–H and O–H groups in total. The maximum absolute atomic E-state index is 13.6. The average molecular weight is 536 g/mol. The summed E-state index contributed by atoms with van der Waals surface area (Å²) in [5, 5.41) is 0. The molecule has 0 heterocycles. The monoisotopic (exact) mass is 535 g/mol. The molecule has 0 spiro atoms. The van der Waals surface area contributed by atoms with E-state index in [1.54, 1.807) is 24.3 Å². The highest BCUT2D eigenvalue weighted by Crippen LogP contribution is 2.23. The van der Waals surface area contributed by atoms with Crippen LogP contribution in [0.5, 0.6) is 0 Å². The van der Waals surface area contributed by atoms with Gasteiger partial charge < -0.3 is 14.2 Å². The number of carbonyl (C=O) groups is 1. The fourth-order valence-corrected chi connectivity index (χ4v) is 5.77. The molecule has 0 saturated heterocycles. The van der Waals surface area contributed by atoms with E-state index in [-0.39, 0.29) is 11.6 Å². The smallest absolute Gasteiger partial charge is 0.324 e. The Morgan fingerprint density at radius 3 is 2.22 bits per heavy atom. The lowest BCUT2D eigenvalue weighted by molar-refractivity contribution is -0.147. The van der Waals surface area contributed by atoms with Gasteiger partial charge in [0.25, 0.3) is 0 Å². The summed E-state index contributed by atoms with van der Waals surface area (Å²) in [4.78, 5) is 12.9. The van der Waals surface area contributed by atoms with Gasteiger partial charge in [0.05, 0.1) is 18.6 Å². The Hall–Kier alpha value is -2.04. The molecule has 0 aliphatic carbocycles. The van der Waals surface area contributed by atoms with Crippen LogP contribution in [0, 0.1) is 6.92 Å². The van der Waals surface area contributed by atoms with Crippen LogP contribution in [-0.4, -0.2) is 59.9 Å². The molecule has 2 aromatic carbocycles. The Balaban J connectivity index is 2.09. The van der Waals surface area contributed by atoms with E-state index < -0.39 is 30.1 Å². The maximum atomic E-state index is 13.6. The quantitative estimate of drug-likeness (QED) is 0.127. The van der Waals surface area contributed by atoms with Crippen molar-refractivity contribution in [1.82, 2.24) is 4.31 Å². The van der Waals surface area contributed by atoms with E-state index in [9.17, 15) is 13.2 Å². The van der Waals surface area contributed by atoms with Crippen molar-refractivity contribution in [3.05, 3.63) is 65.7 Å². The van der Waals surface area contributed by atoms with E-state index in [1.165, 1.54) is 7.11 Å². The van der Waals surface area contributed by atoms with Gasteiger partial charge in [-0.2, -0.15) is 4.31 Å². The molecule has 0 fully saturated rings. The number of benzene rings is 2. The van der Waals surface area contributed by atoms with E-state index >= 15 is 0 Å². The number of nitrogens with zero attached hydrogens (tertiary/aromatic N) is 1. The number of methoxy groups -OCH3 is 1. The molecule has 0 bridgehead atoms. The number of unbranched alkanes of at least 4 members (excludes halogenated alkanes) is 1. The van der Waals surface area contributed by atoms with Gasteiger partial charge in [-0.3, -0.25) is 4.79 Å². The van der Waals surface area contributed by atoms with Crippen LogP contribution in [0.25, 0.3) is 0 Å². The van der Waals surface area contributed by atoms with Crippen molar-refractivity contribution in [2.24, 2.45) is 0 Å². The van der Waals surface area contributed by atoms with Crippen LogP contribution in [0.1, 0.15) is 30.4 Å². The third-order valence-electron chi connectivity index (χ3n) is 5.79. The zero-order chi connectivity index (χ0) is 26.6. The Kier molecular flexibility index (Phi) is 12.3. The molecular weight excluding hydrogens is 494 g/mol. The van der Waals surface area contributed by atoms with Gasteiger partial charge in [-0.15, -0.1) is 0 Å². The molecule has 0 radical (unpaired) electrons. The first-order chi connectivity index (χ1) is 17.0. The predicted octanol–water partition coefficient (Wildman–Crippen LogP) is 5.23. The van der Waals surface area contributed by atoms with Crippen LogP contribution < -0.4 is 0 Å². The molecule has 0 saturated carbocycles. The highest BCUT2D eigenvalue weighted by Gasteiger charge is 2.36. The number of ether oxygens (including phenoxy) is 3. The summed E-state index contributed by atoms with van der Waals surface area (Å²) >= 11 is 0. The van der Waals surface area contributed by atoms with E-state index in [0.717, 1.165) is 21.5 Å². The van der Waals surface area contributed by atoms with Crippen molar-refractivity contribution in [2.75, 3.05) is 27.1 Å². The highest BCUT2D eigenvalue weighted by atomic mass is 32.2. The second kappa shape index (κ2) is 14.6. The number of aryl methyl sites for hydroxylation is 1. The fraction of sp³-hybridized carbons (Fsp3) is 0.519. The normalized spacial score (nSPS) is 13.1. The molecule has 7 nitrogen and oxygen atoms in total. The lowest BCUT2D eigenvalue weighted by Crippen LogP contribution is -2.47. The molecule has 0 aliphatic heterocycles. The van der Waals surface area contributed by atoms with Crippen LogP contribution in [0.2, 0.25) is 25.7 Å². The molecular formula is C27H41NO6SSi. The second-order valence-corrected chi connectivity index (χ2v) is 17.6. The molecule has 0 aromatic heterocycles. The molecule has 9 heteroatoms. The standard InChI is InChI=1S/C27H41NO6SSi/c1-23-14-16-25(17-15-23)35(30,31)28(22-34-19-20-36(3,4)5)26(27(29)32-2)13-9-10-18-33-21-24-11-7-6-8-12-24/h6-8,11-12,14-17,26H,9-10,13,18-22H2,1-5H3/t26-/m0/s1. The zero-order valence-corrected chi connectivity index (χ0v) is 24.1. The van der Waals surface area contributed by atoms with Crippen molar-refractivity contribution in [3.8, 4) is 0 Å². The molecule has 200 valence electrons. The average Bonchev–Trinajstić information content (AvgIpc) is 2.84. The molecule has 2 aromatic rings. The number of esters is 1. The van der Waals surface area contributed by atoms with E-state index in [1.807, 2.05) is 37.3 Å². The molecule has 36 heavy (non-hydrogen) atoms. The summed E-state index contributed by atoms with van der Waals surface area (Å²) in [7, 11) is -4.06. The van der Waals surface area contributed by atoms with Gasteiger partial charge in [0.15, 0.2) is 0 Å². The van der Waals surface area contributed by atoms with Crippen molar-refractivity contribution in [2.45, 2.75) is 69.4 Å². The summed E-state index contributed by atoms with van der Waals surface area (Å²) in [6, 6.07) is 16.4. The summed E-state index contributed by atoms with van der Waals surface area (Å²) in [6.45, 7) is 9.85. The van der Waals surface area contributed by atoms with E-state index in [0.29, 0.717) is 39.1 Å². The maximum Gasteiger partial charge on any atom is 0.324 e. The van der Waals surface area contributed by atoms with E-state index in [2.05, 4.69) is 19.6 Å². The summed E-state index contributed by atoms with van der Waals surface area (Å²) in [5.74, 6) is -0.593. The summed E-state index contributed by atoms with van der Waals surface area (Å²) in [5.41, 5.74) is 2.04. The Bertz CT molecular complexity index is 1020. The predicted molar refractivity (Wildman–Crippen MR) is 145 cm³/mol. The van der Waals surface area contributed by atoms with Crippen LogP contribution >= 0.6 is 0 Å². The third-order valence-corrected chi connectivity index (χ3v) is 9.34. The minimum Gasteiger partial charge on any atom is -0.468 e. The number of carbonyl (C=O) groups excluding carboxylic acids is 1. The van der Waals surface area contributed by atoms with Gasteiger partial charge in [-0.1, -0.05) is 67.7 Å². The summed E-state index contributed by atoms with van der Waals surface area (Å²) < 4.78 is 44.9. The zero-order valence-electron chi connectivity index (χ0n) is 22.2. The van der Waals surface area contributed by atoms with Gasteiger partial charge in [-0.25, -0.2) is 8.42 Å². The Labute approximate surface area is 217 Å². The number of hydrogen-bond acceptors (Lipinski definition) is 6. The first-order valence-corrected chi connectivity index (χ1v) is 17.5. The third kappa shape index (κ3) is 10.1. The lowest BCUT2D eigenvalue weighted by atomic mass is 10.1. The van der Waals surface area contributed by atoms with Crippen molar-refractivity contribution in [1.29, 1.82) is 0 Å². The van der Waals surface area contributed by atoms with Crippen molar-refractivity contribution in [3.63, 3.8) is 0 Å². The molecule has 0 unspecified atom stereocenters. The van der Waals surface area contributed by atoms with Crippen molar-refractivity contribution < 1.29 is 27.4 Å². The van der Waals surface area contributed by atoms with Gasteiger partial charge in [-0.05, 0) is 49.9 Å². The van der Waals surface area contributed by atoms with Crippen LogP contribution in [-0.2, 0) is 35.6 Å². The Morgan fingerprint density at radius 2 is 1.61 bits per heavy atom. The van der Waals surface area contributed by atoms with Gasteiger partial charge in [0.2, 0.25) is 10.0 Å². The summed E-state index contributed by atoms with van der Waals surface area (Å²) in [6.07, 6.45) is 1.60. The first kappa shape index (κ1) is 30.2. The number of rotatable bonds is 16. The molecule has 1 atom stereocenters. The molecule has 2 rings (SSSR count). The van der Waals surface area contributed by atoms with Gasteiger partial charge in [0.1, 0.15) is 12.8 Å². The van der Waals surface area contributed by atoms with Crippen LogP contribution in [0.3, 0.4) is 0 Å². The van der Waals surface area contributed by atoms with Gasteiger partial charge in [0, 0.05) is 21.3 Å². The SMILES string of the molecule is COC(=O)[C@H](CCCCOCc1ccccc1)N(COCC[Si](C)(C)C)S(=O)(=O)c1ccc(C)cc1. The number of sulfonamides is 1. The second-order valence-electron chi connectivity index (χ2n) is 10.1. The van der Waals surface area contributed by atoms with E-state index in [4.69, 9.17) is 14.2 Å². The lowest BCUT2D eigenvalue weighted by Gasteiger charge is -2.29. The highest BCUT2D eigenvalue weighted by molar-refractivity contribution is 7.89. The van der Waals surface area contributed by atoms with Crippen LogP contribution in [0.4, 0.5) is 0 Å². The molecule has 0 aliphatic rings. The van der Waals surface area contributed by atoms with Crippen molar-refractivity contribution >= 4 is 24.1 Å². The minimum atomic E-state index is -3.98. The first-order valence-electron chi connectivity index (χ1n) is 12.4. The van der Waals surface area contributed by atoms with Gasteiger partial charge >= 0.3 is 5.97 Å². The topological polar surface area (TPSA) is 82.1 Å². The largest absolute Gasteiger partial charge is 0.468 e.